The summed E-state index contributed by atoms with van der Waals surface area (Å²) in [5.41, 5.74) is 14.1. The average molecular weight is 842 g/mol. The van der Waals surface area contributed by atoms with Crippen LogP contribution in [0.5, 0.6) is 0 Å². The second kappa shape index (κ2) is 15.4. The molecule has 5 nitrogen and oxygen atoms in total. The monoisotopic (exact) mass is 841 g/mol. The number of hydrogen-bond donors (Lipinski definition) is 0. The van der Waals surface area contributed by atoms with Gasteiger partial charge in [-0.25, -0.2) is 15.0 Å². The predicted octanol–water partition coefficient (Wildman–Crippen LogP) is 15.6. The fourth-order valence-electron chi connectivity index (χ4n) is 9.87. The number of para-hydroxylation sites is 2. The Morgan fingerprint density at radius 1 is 0.258 bits per heavy atom. The molecule has 0 radical (unpaired) electrons. The van der Waals surface area contributed by atoms with Crippen molar-refractivity contribution in [1.82, 2.24) is 24.1 Å². The van der Waals surface area contributed by atoms with Crippen molar-refractivity contribution in [3.8, 4) is 67.8 Å². The Labute approximate surface area is 381 Å². The fourth-order valence-corrected chi connectivity index (χ4v) is 9.87. The minimum atomic E-state index is 0.619. The first kappa shape index (κ1) is 37.6. The fraction of sp³-hybridized carbons (Fsp3) is 0. The van der Waals surface area contributed by atoms with Crippen LogP contribution in [0.15, 0.2) is 237 Å². The van der Waals surface area contributed by atoms with Gasteiger partial charge < -0.3 is 9.13 Å². The van der Waals surface area contributed by atoms with E-state index >= 15 is 0 Å². The van der Waals surface area contributed by atoms with Gasteiger partial charge in [-0.05, 0) is 81.6 Å². The third-order valence-electron chi connectivity index (χ3n) is 13.0. The molecule has 13 rings (SSSR count). The van der Waals surface area contributed by atoms with Crippen molar-refractivity contribution >= 4 is 54.4 Å². The van der Waals surface area contributed by atoms with Crippen LogP contribution < -0.4 is 0 Å². The molecule has 308 valence electrons. The van der Waals surface area contributed by atoms with Crippen molar-refractivity contribution in [3.63, 3.8) is 0 Å². The maximum Gasteiger partial charge on any atom is 0.166 e. The number of aromatic nitrogens is 5. The Morgan fingerprint density at radius 2 is 0.682 bits per heavy atom. The third kappa shape index (κ3) is 6.21. The molecule has 10 aromatic carbocycles. The highest BCUT2D eigenvalue weighted by Gasteiger charge is 2.24. The van der Waals surface area contributed by atoms with Crippen molar-refractivity contribution < 1.29 is 0 Å². The first-order valence-corrected chi connectivity index (χ1v) is 22.4. The zero-order valence-corrected chi connectivity index (χ0v) is 35.8. The largest absolute Gasteiger partial charge is 0.309 e. The third-order valence-corrected chi connectivity index (χ3v) is 13.0. The van der Waals surface area contributed by atoms with E-state index in [9.17, 15) is 0 Å². The topological polar surface area (TPSA) is 48.5 Å². The highest BCUT2D eigenvalue weighted by Crippen LogP contribution is 2.44. The summed E-state index contributed by atoms with van der Waals surface area (Å²) in [5, 5.41) is 6.86. The van der Waals surface area contributed by atoms with E-state index in [0.717, 1.165) is 82.8 Å². The number of rotatable bonds is 7. The van der Waals surface area contributed by atoms with Gasteiger partial charge in [0.2, 0.25) is 0 Å². The lowest BCUT2D eigenvalue weighted by molar-refractivity contribution is 1.07. The van der Waals surface area contributed by atoms with E-state index in [1.54, 1.807) is 0 Å². The molecule has 66 heavy (non-hydrogen) atoms. The first-order chi connectivity index (χ1) is 32.7. The Hall–Kier alpha value is -8.93. The van der Waals surface area contributed by atoms with E-state index in [0.29, 0.717) is 17.5 Å². The number of nitrogens with zero attached hydrogens (tertiary/aromatic N) is 5. The van der Waals surface area contributed by atoms with E-state index in [4.69, 9.17) is 15.0 Å². The van der Waals surface area contributed by atoms with Crippen molar-refractivity contribution in [1.29, 1.82) is 0 Å². The van der Waals surface area contributed by atoms with E-state index < -0.39 is 0 Å². The van der Waals surface area contributed by atoms with E-state index in [1.807, 2.05) is 24.3 Å². The van der Waals surface area contributed by atoms with Gasteiger partial charge in [-0.1, -0.05) is 188 Å². The van der Waals surface area contributed by atoms with Crippen molar-refractivity contribution in [2.75, 3.05) is 0 Å². The summed E-state index contributed by atoms with van der Waals surface area (Å²) >= 11 is 0. The molecule has 0 saturated carbocycles. The maximum absolute atomic E-state index is 5.42. The minimum absolute atomic E-state index is 0.619. The van der Waals surface area contributed by atoms with Crippen molar-refractivity contribution in [2.45, 2.75) is 0 Å². The lowest BCUT2D eigenvalue weighted by Gasteiger charge is -2.15. The molecule has 0 aliphatic carbocycles. The minimum Gasteiger partial charge on any atom is -0.309 e. The van der Waals surface area contributed by atoms with Gasteiger partial charge >= 0.3 is 0 Å². The normalized spacial score (nSPS) is 11.6. The van der Waals surface area contributed by atoms with E-state index in [2.05, 4.69) is 221 Å². The molecule has 0 aliphatic rings. The quantitative estimate of drug-likeness (QED) is 0.161. The van der Waals surface area contributed by atoms with Crippen LogP contribution in [-0.4, -0.2) is 24.1 Å². The van der Waals surface area contributed by atoms with Gasteiger partial charge in [0.15, 0.2) is 17.5 Å². The van der Waals surface area contributed by atoms with Gasteiger partial charge in [0.25, 0.3) is 0 Å². The molecule has 0 spiro atoms. The van der Waals surface area contributed by atoms with Crippen LogP contribution in [0, 0.1) is 0 Å². The summed E-state index contributed by atoms with van der Waals surface area (Å²) in [6.45, 7) is 0. The molecule has 0 aliphatic heterocycles. The van der Waals surface area contributed by atoms with Crippen LogP contribution in [0.1, 0.15) is 0 Å². The van der Waals surface area contributed by atoms with Gasteiger partial charge in [-0.3, -0.25) is 0 Å². The zero-order valence-electron chi connectivity index (χ0n) is 35.8. The highest BCUT2D eigenvalue weighted by molar-refractivity contribution is 6.21. The van der Waals surface area contributed by atoms with Crippen LogP contribution in [0.4, 0.5) is 0 Å². The number of benzene rings is 10. The Kier molecular flexibility index (Phi) is 8.78. The van der Waals surface area contributed by atoms with Gasteiger partial charge in [-0.15, -0.1) is 0 Å². The summed E-state index contributed by atoms with van der Waals surface area (Å²) in [7, 11) is 0. The van der Waals surface area contributed by atoms with Crippen LogP contribution in [0.25, 0.3) is 122 Å². The molecule has 0 unspecified atom stereocenters. The number of hydrogen-bond acceptors (Lipinski definition) is 3. The maximum atomic E-state index is 5.42. The molecular weight excluding hydrogens is 803 g/mol. The average Bonchev–Trinajstić information content (AvgIpc) is 3.91. The molecule has 0 saturated heterocycles. The highest BCUT2D eigenvalue weighted by atomic mass is 15.1. The van der Waals surface area contributed by atoms with Crippen LogP contribution in [-0.2, 0) is 0 Å². The van der Waals surface area contributed by atoms with E-state index in [-0.39, 0.29) is 0 Å². The van der Waals surface area contributed by atoms with Gasteiger partial charge in [0.05, 0.1) is 27.6 Å². The van der Waals surface area contributed by atoms with Gasteiger partial charge in [0, 0.05) is 44.0 Å². The lowest BCUT2D eigenvalue weighted by Crippen LogP contribution is -2.03. The smallest absolute Gasteiger partial charge is 0.166 e. The van der Waals surface area contributed by atoms with E-state index in [1.165, 1.54) is 21.9 Å². The standard InChI is InChI=1S/C61H39N5/c1-4-16-40(17-5-1)42-28-30-45(31-29-42)60-62-59(44-20-8-3-9-21-44)63-61(64-60)57-49-23-11-10-22-46(49)38-53-51-25-13-15-27-55(51)66(58(53)57)48-36-37-56-52(39-48)50-24-12-14-26-54(50)65(56)47-34-32-43(33-35-47)41-18-6-2-7-19-41/h1-39H. The van der Waals surface area contributed by atoms with Crippen LogP contribution in [0.2, 0.25) is 0 Å². The van der Waals surface area contributed by atoms with Crippen LogP contribution in [0.3, 0.4) is 0 Å². The molecule has 3 aromatic heterocycles. The summed E-state index contributed by atoms with van der Waals surface area (Å²) in [6, 6.07) is 84.0. The Morgan fingerprint density at radius 3 is 1.32 bits per heavy atom. The molecule has 3 heterocycles. The molecule has 0 bridgehead atoms. The van der Waals surface area contributed by atoms with Gasteiger partial charge in [-0.2, -0.15) is 0 Å². The second-order valence-corrected chi connectivity index (χ2v) is 16.8. The molecule has 0 amide bonds. The summed E-state index contributed by atoms with van der Waals surface area (Å²) in [6.07, 6.45) is 0. The first-order valence-electron chi connectivity index (χ1n) is 22.4. The summed E-state index contributed by atoms with van der Waals surface area (Å²) < 4.78 is 4.81. The number of fused-ring (bicyclic) bond motifs is 7. The van der Waals surface area contributed by atoms with Gasteiger partial charge in [0.1, 0.15) is 0 Å². The SMILES string of the molecule is c1ccc(-c2ccc(-c3nc(-c4ccccc4)nc(-c4c5ccccc5cc5c6ccccc6n(-c6ccc7c(c6)c6ccccc6n7-c6ccc(-c7ccccc7)cc6)c45)n3)cc2)cc1. The molecule has 0 atom stereocenters. The summed E-state index contributed by atoms with van der Waals surface area (Å²) in [4.78, 5) is 16.0. The molecule has 5 heteroatoms. The predicted molar refractivity (Wildman–Crippen MR) is 273 cm³/mol. The Balaban J connectivity index is 1.06. The van der Waals surface area contributed by atoms with Crippen molar-refractivity contribution in [3.05, 3.63) is 237 Å². The molecule has 0 N–H and O–H groups in total. The lowest BCUT2D eigenvalue weighted by atomic mass is 9.99. The molecule has 0 fully saturated rings. The zero-order chi connectivity index (χ0) is 43.6. The van der Waals surface area contributed by atoms with Crippen molar-refractivity contribution in [2.24, 2.45) is 0 Å². The summed E-state index contributed by atoms with van der Waals surface area (Å²) in [5.74, 6) is 1.86. The molecular formula is C61H39N5. The molecule has 13 aromatic rings. The second-order valence-electron chi connectivity index (χ2n) is 16.8. The Bertz CT molecular complexity index is 3950. The van der Waals surface area contributed by atoms with Crippen LogP contribution >= 0.6 is 0 Å².